The second-order valence-corrected chi connectivity index (χ2v) is 13.4. The molecule has 0 heterocycles. The number of anilines is 1. The Labute approximate surface area is 264 Å². The molecule has 0 aromatic heterocycles. The molecule has 1 N–H and O–H groups in total. The Hall–Kier alpha value is -3.99. The van der Waals surface area contributed by atoms with Crippen molar-refractivity contribution in [3.8, 4) is 5.75 Å². The molecule has 3 aromatic rings. The molecule has 1 aliphatic rings. The van der Waals surface area contributed by atoms with E-state index in [9.17, 15) is 26.8 Å². The highest BCUT2D eigenvalue weighted by Gasteiger charge is 2.32. The van der Waals surface area contributed by atoms with Crippen molar-refractivity contribution >= 4 is 27.5 Å². The Balaban J connectivity index is 1.61. The number of ether oxygens (including phenoxy) is 1. The van der Waals surface area contributed by atoms with E-state index in [1.54, 1.807) is 18.1 Å². The van der Waals surface area contributed by atoms with Crippen molar-refractivity contribution in [3.05, 3.63) is 95.6 Å². The largest absolute Gasteiger partial charge is 0.497 e. The summed E-state index contributed by atoms with van der Waals surface area (Å²) in [6.45, 7) is -0.00908. The maximum Gasteiger partial charge on any atom is 0.243 e. The molecule has 0 bridgehead atoms. The minimum Gasteiger partial charge on any atom is -0.497 e. The van der Waals surface area contributed by atoms with E-state index in [0.717, 1.165) is 65.9 Å². The Morgan fingerprint density at radius 1 is 0.933 bits per heavy atom. The lowest BCUT2D eigenvalue weighted by molar-refractivity contribution is -0.141. The van der Waals surface area contributed by atoms with Crippen molar-refractivity contribution in [3.63, 3.8) is 0 Å². The van der Waals surface area contributed by atoms with Crippen LogP contribution in [0.25, 0.3) is 0 Å². The van der Waals surface area contributed by atoms with Gasteiger partial charge in [0.05, 0.1) is 19.1 Å². The van der Waals surface area contributed by atoms with Gasteiger partial charge in [-0.15, -0.1) is 0 Å². The fraction of sp³-hybridized carbons (Fsp3) is 0.412. The van der Waals surface area contributed by atoms with Gasteiger partial charge in [-0.3, -0.25) is 13.9 Å². The quantitative estimate of drug-likeness (QED) is 0.247. The van der Waals surface area contributed by atoms with Crippen LogP contribution in [0.4, 0.5) is 14.5 Å². The summed E-state index contributed by atoms with van der Waals surface area (Å²) in [6.07, 6.45) is 6.25. The standard InChI is InChI=1S/C34H41F2N3O5S/c1-44-29-16-9-13-26(21-29)24-38(32(22-25-11-5-3-6-12-25)34(41)37-27-14-7-4-8-15-27)33(40)17-10-20-39(45(2,42)43)28-18-19-30(35)31(36)23-28/h3,5-6,9,11-13,16,18-19,21,23,27,32H,4,7-8,10,14-15,17,20,22,24H2,1-2H3,(H,37,41)/t32-/m1/s1. The molecule has 45 heavy (non-hydrogen) atoms. The lowest BCUT2D eigenvalue weighted by atomic mass is 9.94. The van der Waals surface area contributed by atoms with Gasteiger partial charge >= 0.3 is 0 Å². The molecule has 3 aromatic carbocycles. The Morgan fingerprint density at radius 3 is 2.31 bits per heavy atom. The minimum atomic E-state index is -3.87. The molecule has 0 unspecified atom stereocenters. The van der Waals surface area contributed by atoms with Gasteiger partial charge < -0.3 is 15.0 Å². The number of rotatable bonds is 14. The molecule has 1 atom stereocenters. The first kappa shape index (κ1) is 33.9. The number of amides is 2. The molecule has 0 aliphatic heterocycles. The highest BCUT2D eigenvalue weighted by Crippen LogP contribution is 2.24. The smallest absolute Gasteiger partial charge is 0.243 e. The van der Waals surface area contributed by atoms with Gasteiger partial charge in [0, 0.05) is 38.0 Å². The third kappa shape index (κ3) is 9.75. The number of methoxy groups -OCH3 is 1. The van der Waals surface area contributed by atoms with Gasteiger partial charge in [-0.05, 0) is 54.7 Å². The van der Waals surface area contributed by atoms with Crippen LogP contribution in [0.1, 0.15) is 56.1 Å². The molecule has 2 amide bonds. The topological polar surface area (TPSA) is 96.0 Å². The highest BCUT2D eigenvalue weighted by atomic mass is 32.2. The number of benzene rings is 3. The maximum absolute atomic E-state index is 14.0. The van der Waals surface area contributed by atoms with Crippen LogP contribution in [0, 0.1) is 11.6 Å². The lowest BCUT2D eigenvalue weighted by Gasteiger charge is -2.34. The second kappa shape index (κ2) is 15.8. The average molecular weight is 642 g/mol. The molecule has 8 nitrogen and oxygen atoms in total. The summed E-state index contributed by atoms with van der Waals surface area (Å²) in [5, 5.41) is 3.20. The highest BCUT2D eigenvalue weighted by molar-refractivity contribution is 7.92. The summed E-state index contributed by atoms with van der Waals surface area (Å²) < 4.78 is 59.0. The zero-order valence-corrected chi connectivity index (χ0v) is 26.6. The summed E-state index contributed by atoms with van der Waals surface area (Å²) in [5.74, 6) is -2.22. The molecule has 0 spiro atoms. The molecule has 4 rings (SSSR count). The number of nitrogens with zero attached hydrogens (tertiary/aromatic N) is 2. The molecular weight excluding hydrogens is 600 g/mol. The third-order valence-electron chi connectivity index (χ3n) is 8.05. The van der Waals surface area contributed by atoms with E-state index in [4.69, 9.17) is 4.74 Å². The summed E-state index contributed by atoms with van der Waals surface area (Å²) in [7, 11) is -2.31. The van der Waals surface area contributed by atoms with E-state index in [1.165, 1.54) is 6.07 Å². The van der Waals surface area contributed by atoms with Crippen LogP contribution in [0.3, 0.4) is 0 Å². The first-order valence-corrected chi connectivity index (χ1v) is 17.1. The molecule has 0 radical (unpaired) electrons. The maximum atomic E-state index is 14.0. The van der Waals surface area contributed by atoms with Crippen LogP contribution in [-0.2, 0) is 32.6 Å². The molecule has 242 valence electrons. The summed E-state index contributed by atoms with van der Waals surface area (Å²) in [4.78, 5) is 29.5. The van der Waals surface area contributed by atoms with Crippen molar-refractivity contribution in [2.24, 2.45) is 0 Å². The predicted molar refractivity (Wildman–Crippen MR) is 170 cm³/mol. The minimum absolute atomic E-state index is 0.0362. The number of halogens is 2. The average Bonchev–Trinajstić information content (AvgIpc) is 3.02. The van der Waals surface area contributed by atoms with Gasteiger partial charge in [0.15, 0.2) is 11.6 Å². The monoisotopic (exact) mass is 641 g/mol. The number of carbonyl (C=O) groups is 2. The number of sulfonamides is 1. The van der Waals surface area contributed by atoms with Gasteiger partial charge in [-0.2, -0.15) is 0 Å². The molecular formula is C34H41F2N3O5S. The van der Waals surface area contributed by atoms with Crippen LogP contribution in [0.5, 0.6) is 5.75 Å². The lowest BCUT2D eigenvalue weighted by Crippen LogP contribution is -2.52. The van der Waals surface area contributed by atoms with Crippen molar-refractivity contribution in [2.45, 2.75) is 70.0 Å². The van der Waals surface area contributed by atoms with Crippen LogP contribution in [0.2, 0.25) is 0 Å². The van der Waals surface area contributed by atoms with Crippen LogP contribution in [-0.4, -0.2) is 57.1 Å². The van der Waals surface area contributed by atoms with E-state index in [-0.39, 0.29) is 49.5 Å². The summed E-state index contributed by atoms with van der Waals surface area (Å²) >= 11 is 0. The van der Waals surface area contributed by atoms with Gasteiger partial charge in [0.2, 0.25) is 21.8 Å². The molecule has 1 saturated carbocycles. The van der Waals surface area contributed by atoms with Crippen LogP contribution < -0.4 is 14.4 Å². The fourth-order valence-electron chi connectivity index (χ4n) is 5.71. The number of nitrogens with one attached hydrogen (secondary N) is 1. The van der Waals surface area contributed by atoms with E-state index in [2.05, 4.69) is 5.32 Å². The first-order chi connectivity index (χ1) is 21.5. The predicted octanol–water partition coefficient (Wildman–Crippen LogP) is 5.61. The summed E-state index contributed by atoms with van der Waals surface area (Å²) in [6, 6.07) is 18.9. The zero-order chi connectivity index (χ0) is 32.4. The van der Waals surface area contributed by atoms with Gasteiger partial charge in [-0.25, -0.2) is 17.2 Å². The van der Waals surface area contributed by atoms with Gasteiger partial charge in [0.25, 0.3) is 0 Å². The van der Waals surface area contributed by atoms with Crippen molar-refractivity contribution in [1.82, 2.24) is 10.2 Å². The van der Waals surface area contributed by atoms with Gasteiger partial charge in [0.1, 0.15) is 11.8 Å². The Morgan fingerprint density at radius 2 is 1.64 bits per heavy atom. The van der Waals surface area contributed by atoms with E-state index < -0.39 is 27.7 Å². The number of hydrogen-bond acceptors (Lipinski definition) is 5. The molecule has 1 aliphatic carbocycles. The van der Waals surface area contributed by atoms with E-state index >= 15 is 0 Å². The first-order valence-electron chi connectivity index (χ1n) is 15.2. The van der Waals surface area contributed by atoms with Crippen molar-refractivity contribution in [1.29, 1.82) is 0 Å². The van der Waals surface area contributed by atoms with Crippen LogP contribution in [0.15, 0.2) is 72.8 Å². The van der Waals surface area contributed by atoms with Crippen molar-refractivity contribution < 1.29 is 31.5 Å². The number of hydrogen-bond donors (Lipinski definition) is 1. The normalized spacial score (nSPS) is 14.4. The molecule has 0 saturated heterocycles. The molecule has 11 heteroatoms. The van der Waals surface area contributed by atoms with E-state index in [1.807, 2.05) is 48.5 Å². The Kier molecular flexibility index (Phi) is 11.9. The van der Waals surface area contributed by atoms with Gasteiger partial charge in [-0.1, -0.05) is 61.7 Å². The SMILES string of the molecule is COc1cccc(CN(C(=O)CCCN(c2ccc(F)c(F)c2)S(C)(=O)=O)[C@H](Cc2ccccc2)C(=O)NC2CCCCC2)c1. The van der Waals surface area contributed by atoms with Crippen LogP contribution >= 0.6 is 0 Å². The third-order valence-corrected chi connectivity index (χ3v) is 9.25. The summed E-state index contributed by atoms with van der Waals surface area (Å²) in [5.41, 5.74) is 1.63. The number of carbonyl (C=O) groups excluding carboxylic acids is 2. The van der Waals surface area contributed by atoms with E-state index in [0.29, 0.717) is 12.2 Å². The van der Waals surface area contributed by atoms with Crippen molar-refractivity contribution in [2.75, 3.05) is 24.2 Å². The molecule has 1 fully saturated rings. The second-order valence-electron chi connectivity index (χ2n) is 11.5. The fourth-order valence-corrected chi connectivity index (χ4v) is 6.67. The Bertz CT molecular complexity index is 1550. The zero-order valence-electron chi connectivity index (χ0n) is 25.8.